The molecule has 2 heteroatoms. The van der Waals surface area contributed by atoms with Gasteiger partial charge >= 0.3 is 0 Å². The van der Waals surface area contributed by atoms with Crippen molar-refractivity contribution in [2.75, 3.05) is 0 Å². The number of aryl methyl sites for hydroxylation is 1. The summed E-state index contributed by atoms with van der Waals surface area (Å²) in [5, 5.41) is 0.714. The summed E-state index contributed by atoms with van der Waals surface area (Å²) in [4.78, 5) is 0. The molecule has 0 saturated heterocycles. The standard InChI is InChI=1S/C14H12ClF/c1-2-10-3-8-13(14(15)9-10)11-4-6-12(16)7-5-11/h3-9H,2H2,1H3. The van der Waals surface area contributed by atoms with Crippen LogP contribution in [0.1, 0.15) is 12.5 Å². The molecule has 0 spiro atoms. The predicted octanol–water partition coefficient (Wildman–Crippen LogP) is 4.71. The molecule has 0 amide bonds. The largest absolute Gasteiger partial charge is 0.207 e. The van der Waals surface area contributed by atoms with Crippen LogP contribution in [0, 0.1) is 5.82 Å². The van der Waals surface area contributed by atoms with Crippen LogP contribution in [0.5, 0.6) is 0 Å². The van der Waals surface area contributed by atoms with Crippen LogP contribution in [-0.2, 0) is 6.42 Å². The SMILES string of the molecule is CCc1ccc(-c2ccc(F)cc2)c(Cl)c1. The average molecular weight is 235 g/mol. The highest BCUT2D eigenvalue weighted by Crippen LogP contribution is 2.28. The minimum atomic E-state index is -0.231. The van der Waals surface area contributed by atoms with Gasteiger partial charge in [-0.3, -0.25) is 0 Å². The Kier molecular flexibility index (Phi) is 3.25. The number of rotatable bonds is 2. The molecule has 82 valence electrons. The molecule has 0 aliphatic heterocycles. The van der Waals surface area contributed by atoms with Crippen molar-refractivity contribution in [2.45, 2.75) is 13.3 Å². The van der Waals surface area contributed by atoms with E-state index in [4.69, 9.17) is 11.6 Å². The number of hydrogen-bond acceptors (Lipinski definition) is 0. The lowest BCUT2D eigenvalue weighted by Crippen LogP contribution is -1.84. The first-order chi connectivity index (χ1) is 7.70. The smallest absolute Gasteiger partial charge is 0.123 e. The molecular weight excluding hydrogens is 223 g/mol. The second-order valence-electron chi connectivity index (χ2n) is 3.67. The first-order valence-corrected chi connectivity index (χ1v) is 5.63. The number of benzene rings is 2. The number of hydrogen-bond donors (Lipinski definition) is 0. The Morgan fingerprint density at radius 2 is 1.75 bits per heavy atom. The van der Waals surface area contributed by atoms with Crippen molar-refractivity contribution in [3.63, 3.8) is 0 Å². The van der Waals surface area contributed by atoms with E-state index in [1.807, 2.05) is 18.2 Å². The molecule has 16 heavy (non-hydrogen) atoms. The second-order valence-corrected chi connectivity index (χ2v) is 4.08. The lowest BCUT2D eigenvalue weighted by Gasteiger charge is -2.06. The van der Waals surface area contributed by atoms with Crippen LogP contribution in [0.4, 0.5) is 4.39 Å². The van der Waals surface area contributed by atoms with Gasteiger partial charge in [-0.25, -0.2) is 4.39 Å². The zero-order valence-electron chi connectivity index (χ0n) is 9.00. The van der Waals surface area contributed by atoms with Crippen LogP contribution >= 0.6 is 11.6 Å². The van der Waals surface area contributed by atoms with Crippen LogP contribution in [0.3, 0.4) is 0 Å². The van der Waals surface area contributed by atoms with Crippen molar-refractivity contribution in [1.82, 2.24) is 0 Å². The normalized spacial score (nSPS) is 10.4. The zero-order valence-corrected chi connectivity index (χ0v) is 9.76. The van der Waals surface area contributed by atoms with E-state index in [0.717, 1.165) is 17.5 Å². The van der Waals surface area contributed by atoms with Crippen LogP contribution in [-0.4, -0.2) is 0 Å². The molecule has 0 atom stereocenters. The summed E-state index contributed by atoms with van der Waals surface area (Å²) in [7, 11) is 0. The van der Waals surface area contributed by atoms with Crippen molar-refractivity contribution in [2.24, 2.45) is 0 Å². The second kappa shape index (κ2) is 4.67. The molecule has 0 aromatic heterocycles. The van der Waals surface area contributed by atoms with E-state index in [0.29, 0.717) is 5.02 Å². The molecule has 0 nitrogen and oxygen atoms in total. The molecule has 0 unspecified atom stereocenters. The molecule has 2 aromatic rings. The van der Waals surface area contributed by atoms with E-state index < -0.39 is 0 Å². The molecule has 0 radical (unpaired) electrons. The minimum Gasteiger partial charge on any atom is -0.207 e. The summed E-state index contributed by atoms with van der Waals surface area (Å²) < 4.78 is 12.8. The molecule has 0 aliphatic carbocycles. The highest BCUT2D eigenvalue weighted by Gasteiger charge is 2.04. The maximum Gasteiger partial charge on any atom is 0.123 e. The third kappa shape index (κ3) is 2.25. The molecule has 0 aliphatic rings. The molecule has 0 heterocycles. The fourth-order valence-electron chi connectivity index (χ4n) is 1.64. The monoisotopic (exact) mass is 234 g/mol. The van der Waals surface area contributed by atoms with Crippen molar-refractivity contribution in [3.05, 3.63) is 58.9 Å². The van der Waals surface area contributed by atoms with E-state index >= 15 is 0 Å². The first-order valence-electron chi connectivity index (χ1n) is 5.25. The van der Waals surface area contributed by atoms with Gasteiger partial charge in [-0.1, -0.05) is 42.8 Å². The summed E-state index contributed by atoms with van der Waals surface area (Å²) in [5.74, 6) is -0.231. The molecule has 2 aromatic carbocycles. The van der Waals surface area contributed by atoms with Crippen LogP contribution in [0.15, 0.2) is 42.5 Å². The van der Waals surface area contributed by atoms with Gasteiger partial charge in [0.25, 0.3) is 0 Å². The van der Waals surface area contributed by atoms with E-state index in [2.05, 4.69) is 6.92 Å². The topological polar surface area (TPSA) is 0 Å². The first kappa shape index (κ1) is 11.2. The van der Waals surface area contributed by atoms with E-state index in [1.54, 1.807) is 12.1 Å². The van der Waals surface area contributed by atoms with Gasteiger partial charge < -0.3 is 0 Å². The quantitative estimate of drug-likeness (QED) is 0.706. The Morgan fingerprint density at radius 3 is 2.31 bits per heavy atom. The third-order valence-corrected chi connectivity index (χ3v) is 2.91. The molecule has 0 fully saturated rings. The van der Waals surface area contributed by atoms with Gasteiger partial charge in [0, 0.05) is 10.6 Å². The molecule has 0 saturated carbocycles. The van der Waals surface area contributed by atoms with Gasteiger partial charge in [-0.15, -0.1) is 0 Å². The Labute approximate surface area is 99.7 Å². The average Bonchev–Trinajstić information content (AvgIpc) is 2.30. The maximum absolute atomic E-state index is 12.8. The van der Waals surface area contributed by atoms with Crippen LogP contribution < -0.4 is 0 Å². The van der Waals surface area contributed by atoms with E-state index in [1.165, 1.54) is 17.7 Å². The Morgan fingerprint density at radius 1 is 1.06 bits per heavy atom. The highest BCUT2D eigenvalue weighted by atomic mass is 35.5. The summed E-state index contributed by atoms with van der Waals surface area (Å²) in [6.45, 7) is 2.09. The zero-order chi connectivity index (χ0) is 11.5. The van der Waals surface area contributed by atoms with Gasteiger partial charge in [0.1, 0.15) is 5.82 Å². The molecule has 0 bridgehead atoms. The summed E-state index contributed by atoms with van der Waals surface area (Å²) >= 11 is 6.19. The lowest BCUT2D eigenvalue weighted by atomic mass is 10.0. The van der Waals surface area contributed by atoms with Crippen molar-refractivity contribution in [3.8, 4) is 11.1 Å². The Hall–Kier alpha value is -1.34. The Balaban J connectivity index is 2.44. The number of halogens is 2. The van der Waals surface area contributed by atoms with E-state index in [-0.39, 0.29) is 5.82 Å². The van der Waals surface area contributed by atoms with Gasteiger partial charge in [-0.05, 0) is 35.7 Å². The van der Waals surface area contributed by atoms with Crippen LogP contribution in [0.2, 0.25) is 5.02 Å². The fourth-order valence-corrected chi connectivity index (χ4v) is 1.95. The van der Waals surface area contributed by atoms with Gasteiger partial charge in [0.15, 0.2) is 0 Å². The van der Waals surface area contributed by atoms with Crippen molar-refractivity contribution < 1.29 is 4.39 Å². The molecule has 2 rings (SSSR count). The van der Waals surface area contributed by atoms with Gasteiger partial charge in [0.2, 0.25) is 0 Å². The predicted molar refractivity (Wildman–Crippen MR) is 66.2 cm³/mol. The maximum atomic E-state index is 12.8. The Bertz CT molecular complexity index is 489. The summed E-state index contributed by atoms with van der Waals surface area (Å²) in [6, 6.07) is 12.3. The van der Waals surface area contributed by atoms with Crippen LogP contribution in [0.25, 0.3) is 11.1 Å². The molecular formula is C14H12ClF. The van der Waals surface area contributed by atoms with Gasteiger partial charge in [-0.2, -0.15) is 0 Å². The fraction of sp³-hybridized carbons (Fsp3) is 0.143. The third-order valence-electron chi connectivity index (χ3n) is 2.60. The minimum absolute atomic E-state index is 0.231. The van der Waals surface area contributed by atoms with Crippen molar-refractivity contribution >= 4 is 11.6 Å². The van der Waals surface area contributed by atoms with Crippen molar-refractivity contribution in [1.29, 1.82) is 0 Å². The highest BCUT2D eigenvalue weighted by molar-refractivity contribution is 6.33. The molecule has 0 N–H and O–H groups in total. The van der Waals surface area contributed by atoms with Gasteiger partial charge in [0.05, 0.1) is 0 Å². The summed E-state index contributed by atoms with van der Waals surface area (Å²) in [5.41, 5.74) is 3.09. The lowest BCUT2D eigenvalue weighted by molar-refractivity contribution is 0.628. The summed E-state index contributed by atoms with van der Waals surface area (Å²) in [6.07, 6.45) is 0.962. The van der Waals surface area contributed by atoms with E-state index in [9.17, 15) is 4.39 Å².